The number of ether oxygens (including phenoxy) is 1. The molecule has 166 valence electrons. The first-order chi connectivity index (χ1) is 14.9. The second-order valence-corrected chi connectivity index (χ2v) is 8.00. The van der Waals surface area contributed by atoms with Crippen LogP contribution in [0.3, 0.4) is 0 Å². The number of carbonyl (C=O) groups excluding carboxylic acids is 2. The average molecular weight is 445 g/mol. The summed E-state index contributed by atoms with van der Waals surface area (Å²) in [5.74, 6) is 0.807. The van der Waals surface area contributed by atoms with Crippen LogP contribution in [-0.4, -0.2) is 58.3 Å². The number of aromatic nitrogens is 2. The molecule has 7 nitrogen and oxygen atoms in total. The van der Waals surface area contributed by atoms with Gasteiger partial charge < -0.3 is 14.5 Å². The van der Waals surface area contributed by atoms with Crippen molar-refractivity contribution in [2.24, 2.45) is 0 Å². The van der Waals surface area contributed by atoms with Gasteiger partial charge in [-0.2, -0.15) is 0 Å². The zero-order chi connectivity index (χ0) is 22.5. The third-order valence-corrected chi connectivity index (χ3v) is 5.97. The predicted molar refractivity (Wildman–Crippen MR) is 120 cm³/mol. The Hall–Kier alpha value is -2.67. The van der Waals surface area contributed by atoms with Crippen molar-refractivity contribution in [1.29, 1.82) is 0 Å². The zero-order valence-corrected chi connectivity index (χ0v) is 19.3. The van der Waals surface area contributed by atoms with Gasteiger partial charge in [-0.3, -0.25) is 9.59 Å². The van der Waals surface area contributed by atoms with E-state index in [0.29, 0.717) is 53.1 Å². The van der Waals surface area contributed by atoms with Crippen LogP contribution in [0.1, 0.15) is 71.4 Å². The lowest BCUT2D eigenvalue weighted by Crippen LogP contribution is -2.39. The second kappa shape index (κ2) is 10.1. The number of amides is 2. The highest BCUT2D eigenvalue weighted by Gasteiger charge is 2.32. The summed E-state index contributed by atoms with van der Waals surface area (Å²) >= 11 is 6.14. The number of methoxy groups -OCH3 is 1. The van der Waals surface area contributed by atoms with Gasteiger partial charge >= 0.3 is 0 Å². The van der Waals surface area contributed by atoms with E-state index >= 15 is 0 Å². The van der Waals surface area contributed by atoms with E-state index in [1.54, 1.807) is 34.2 Å². The molecule has 1 aromatic carbocycles. The maximum Gasteiger partial charge on any atom is 0.258 e. The number of likely N-dealkylation sites (tertiary alicyclic amines) is 1. The van der Waals surface area contributed by atoms with Gasteiger partial charge in [-0.05, 0) is 58.2 Å². The van der Waals surface area contributed by atoms with E-state index in [2.05, 4.69) is 9.97 Å². The molecule has 2 amide bonds. The lowest BCUT2D eigenvalue weighted by molar-refractivity contribution is 0.0595. The van der Waals surface area contributed by atoms with Crippen LogP contribution in [-0.2, 0) is 0 Å². The van der Waals surface area contributed by atoms with Crippen molar-refractivity contribution in [3.63, 3.8) is 0 Å². The van der Waals surface area contributed by atoms with Gasteiger partial charge in [0.2, 0.25) is 0 Å². The Morgan fingerprint density at radius 2 is 1.97 bits per heavy atom. The molecule has 0 unspecified atom stereocenters. The SMILES string of the molecule is CCN(CC)C(=O)c1cnc([C@@H]2CCCCN2C(=O)c2cc(Cl)ccc2OC)nc1C. The number of piperidine rings is 1. The van der Waals surface area contributed by atoms with Crippen molar-refractivity contribution in [2.45, 2.75) is 46.1 Å². The third-order valence-electron chi connectivity index (χ3n) is 5.73. The first kappa shape index (κ1) is 23.0. The number of hydrogen-bond acceptors (Lipinski definition) is 5. The lowest BCUT2D eigenvalue weighted by Gasteiger charge is -2.35. The average Bonchev–Trinajstić information content (AvgIpc) is 2.79. The van der Waals surface area contributed by atoms with Crippen LogP contribution in [0.4, 0.5) is 0 Å². The minimum Gasteiger partial charge on any atom is -0.496 e. The van der Waals surface area contributed by atoms with Crippen molar-refractivity contribution in [1.82, 2.24) is 19.8 Å². The number of hydrogen-bond donors (Lipinski definition) is 0. The molecule has 2 heterocycles. The second-order valence-electron chi connectivity index (χ2n) is 7.56. The van der Waals surface area contributed by atoms with Crippen molar-refractivity contribution in [3.8, 4) is 5.75 Å². The highest BCUT2D eigenvalue weighted by atomic mass is 35.5. The molecule has 3 rings (SSSR count). The number of rotatable bonds is 6. The highest BCUT2D eigenvalue weighted by molar-refractivity contribution is 6.31. The van der Waals surface area contributed by atoms with Gasteiger partial charge in [-0.25, -0.2) is 9.97 Å². The fraction of sp³-hybridized carbons (Fsp3) is 0.478. The highest BCUT2D eigenvalue weighted by Crippen LogP contribution is 2.33. The fourth-order valence-electron chi connectivity index (χ4n) is 3.98. The zero-order valence-electron chi connectivity index (χ0n) is 18.5. The molecule has 0 saturated carbocycles. The molecule has 1 atom stereocenters. The maximum atomic E-state index is 13.4. The molecule has 1 fully saturated rings. The molecular formula is C23H29ClN4O3. The number of benzene rings is 1. The van der Waals surface area contributed by atoms with Gasteiger partial charge in [-0.1, -0.05) is 11.6 Å². The van der Waals surface area contributed by atoms with Crippen LogP contribution in [0, 0.1) is 6.92 Å². The molecule has 0 radical (unpaired) electrons. The summed E-state index contributed by atoms with van der Waals surface area (Å²) in [5.41, 5.74) is 1.55. The van der Waals surface area contributed by atoms with Gasteiger partial charge in [0.25, 0.3) is 11.8 Å². The minimum absolute atomic E-state index is 0.0747. The van der Waals surface area contributed by atoms with Crippen molar-refractivity contribution in [2.75, 3.05) is 26.7 Å². The van der Waals surface area contributed by atoms with E-state index < -0.39 is 0 Å². The molecular weight excluding hydrogens is 416 g/mol. The molecule has 0 spiro atoms. The minimum atomic E-state index is -0.263. The Morgan fingerprint density at radius 1 is 1.23 bits per heavy atom. The number of aryl methyl sites for hydroxylation is 1. The molecule has 0 bridgehead atoms. The van der Waals surface area contributed by atoms with Gasteiger partial charge in [0.05, 0.1) is 30.0 Å². The van der Waals surface area contributed by atoms with Crippen LogP contribution in [0.15, 0.2) is 24.4 Å². The maximum absolute atomic E-state index is 13.4. The van der Waals surface area contributed by atoms with Crippen LogP contribution in [0.5, 0.6) is 5.75 Å². The first-order valence-electron chi connectivity index (χ1n) is 10.7. The molecule has 1 aromatic heterocycles. The van der Waals surface area contributed by atoms with Crippen molar-refractivity contribution in [3.05, 3.63) is 52.1 Å². The van der Waals surface area contributed by atoms with E-state index in [1.165, 1.54) is 7.11 Å². The molecule has 1 saturated heterocycles. The Labute approximate surface area is 188 Å². The molecule has 31 heavy (non-hydrogen) atoms. The number of halogens is 1. The largest absolute Gasteiger partial charge is 0.496 e. The Morgan fingerprint density at radius 3 is 2.61 bits per heavy atom. The van der Waals surface area contributed by atoms with E-state index in [1.807, 2.05) is 20.8 Å². The Balaban J connectivity index is 1.92. The number of nitrogens with zero attached hydrogens (tertiary/aromatic N) is 4. The van der Waals surface area contributed by atoms with Crippen molar-refractivity contribution >= 4 is 23.4 Å². The van der Waals surface area contributed by atoms with Gasteiger partial charge in [0, 0.05) is 30.9 Å². The topological polar surface area (TPSA) is 75.6 Å². The Kier molecular flexibility index (Phi) is 7.49. The molecule has 2 aromatic rings. The summed E-state index contributed by atoms with van der Waals surface area (Å²) in [4.78, 5) is 38.8. The number of carbonyl (C=O) groups is 2. The predicted octanol–water partition coefficient (Wildman–Crippen LogP) is 4.30. The Bertz CT molecular complexity index is 962. The van der Waals surface area contributed by atoms with Crippen LogP contribution >= 0.6 is 11.6 Å². The van der Waals surface area contributed by atoms with Crippen LogP contribution < -0.4 is 4.74 Å². The summed E-state index contributed by atoms with van der Waals surface area (Å²) in [7, 11) is 1.53. The molecule has 0 N–H and O–H groups in total. The summed E-state index contributed by atoms with van der Waals surface area (Å²) in [6, 6.07) is 4.76. The van der Waals surface area contributed by atoms with Gasteiger partial charge in [0.15, 0.2) is 5.82 Å². The monoisotopic (exact) mass is 444 g/mol. The summed E-state index contributed by atoms with van der Waals surface area (Å²) < 4.78 is 5.38. The summed E-state index contributed by atoms with van der Waals surface area (Å²) in [5, 5.41) is 0.476. The molecule has 8 heteroatoms. The quantitative estimate of drug-likeness (QED) is 0.664. The molecule has 0 aliphatic carbocycles. The van der Waals surface area contributed by atoms with E-state index in [4.69, 9.17) is 16.3 Å². The fourth-order valence-corrected chi connectivity index (χ4v) is 4.15. The van der Waals surface area contributed by atoms with E-state index in [9.17, 15) is 9.59 Å². The first-order valence-corrected chi connectivity index (χ1v) is 11.1. The lowest BCUT2D eigenvalue weighted by atomic mass is 9.99. The summed E-state index contributed by atoms with van der Waals surface area (Å²) in [6.07, 6.45) is 4.24. The van der Waals surface area contributed by atoms with Gasteiger partial charge in [0.1, 0.15) is 5.75 Å². The molecule has 1 aliphatic heterocycles. The normalized spacial score (nSPS) is 16.2. The van der Waals surface area contributed by atoms with Crippen LogP contribution in [0.25, 0.3) is 0 Å². The van der Waals surface area contributed by atoms with Gasteiger partial charge in [-0.15, -0.1) is 0 Å². The smallest absolute Gasteiger partial charge is 0.258 e. The van der Waals surface area contributed by atoms with E-state index in [-0.39, 0.29) is 17.9 Å². The third kappa shape index (κ3) is 4.82. The van der Waals surface area contributed by atoms with E-state index in [0.717, 1.165) is 19.3 Å². The van der Waals surface area contributed by atoms with Crippen molar-refractivity contribution < 1.29 is 14.3 Å². The standard InChI is InChI=1S/C23H29ClN4O3/c1-5-27(6-2)22(29)18-14-25-21(26-15(18)3)19-9-7-8-12-28(19)23(30)17-13-16(24)10-11-20(17)31-4/h10-11,13-14,19H,5-9,12H2,1-4H3/t19-/m0/s1. The summed E-state index contributed by atoms with van der Waals surface area (Å²) in [6.45, 7) is 7.56. The van der Waals surface area contributed by atoms with Crippen LogP contribution in [0.2, 0.25) is 5.02 Å². The molecule has 1 aliphatic rings.